The number of ether oxygens (including phenoxy) is 1. The third-order valence-corrected chi connectivity index (χ3v) is 4.62. The number of anilines is 1. The average molecular weight is 348 g/mol. The van der Waals surface area contributed by atoms with Gasteiger partial charge in [0.2, 0.25) is 0 Å². The van der Waals surface area contributed by atoms with Crippen molar-refractivity contribution in [2.75, 3.05) is 18.6 Å². The zero-order valence-corrected chi connectivity index (χ0v) is 15.0. The van der Waals surface area contributed by atoms with Crippen LogP contribution in [0.1, 0.15) is 29.9 Å². The zero-order chi connectivity index (χ0) is 18.1. The largest absolute Gasteiger partial charge is 0.497 e. The molecule has 4 rings (SSSR count). The second kappa shape index (κ2) is 6.67. The van der Waals surface area contributed by atoms with Gasteiger partial charge in [-0.2, -0.15) is 0 Å². The molecule has 3 aromatic heterocycles. The molecule has 7 nitrogen and oxygen atoms in total. The van der Waals surface area contributed by atoms with Gasteiger partial charge in [-0.25, -0.2) is 24.9 Å². The van der Waals surface area contributed by atoms with E-state index in [4.69, 9.17) is 9.72 Å². The highest BCUT2D eigenvalue weighted by Crippen LogP contribution is 2.33. The predicted molar refractivity (Wildman–Crippen MR) is 98.0 cm³/mol. The fraction of sp³-hybridized carbons (Fsp3) is 0.316. The summed E-state index contributed by atoms with van der Waals surface area (Å²) in [7, 11) is 1.68. The number of aryl methyl sites for hydroxylation is 1. The van der Waals surface area contributed by atoms with Gasteiger partial charge in [-0.3, -0.25) is 0 Å². The van der Waals surface area contributed by atoms with Gasteiger partial charge in [0.25, 0.3) is 0 Å². The highest BCUT2D eigenvalue weighted by Gasteiger charge is 2.27. The highest BCUT2D eigenvalue weighted by atomic mass is 16.5. The van der Waals surface area contributed by atoms with E-state index in [2.05, 4.69) is 31.8 Å². The van der Waals surface area contributed by atoms with Crippen LogP contribution >= 0.6 is 0 Å². The third-order valence-electron chi connectivity index (χ3n) is 4.62. The maximum Gasteiger partial charge on any atom is 0.197 e. The molecule has 0 unspecified atom stereocenters. The summed E-state index contributed by atoms with van der Waals surface area (Å²) in [6.07, 6.45) is 6.11. The van der Waals surface area contributed by atoms with Gasteiger partial charge in [0.15, 0.2) is 11.6 Å². The summed E-state index contributed by atoms with van der Waals surface area (Å²) in [6.45, 7) is 4.96. The second-order valence-corrected chi connectivity index (χ2v) is 6.29. The summed E-state index contributed by atoms with van der Waals surface area (Å²) < 4.78 is 5.39. The molecule has 132 valence electrons. The van der Waals surface area contributed by atoms with Crippen LogP contribution in [0, 0.1) is 6.92 Å². The molecule has 1 atom stereocenters. The average Bonchev–Trinajstić information content (AvgIpc) is 2.68. The summed E-state index contributed by atoms with van der Waals surface area (Å²) in [5, 5.41) is 0. The number of aromatic nitrogens is 5. The molecule has 0 saturated carbocycles. The van der Waals surface area contributed by atoms with Gasteiger partial charge in [0.05, 0.1) is 18.8 Å². The van der Waals surface area contributed by atoms with E-state index < -0.39 is 0 Å². The molecule has 7 heteroatoms. The number of hydrogen-bond acceptors (Lipinski definition) is 7. The standard InChI is InChI=1S/C19H20N6O/c1-12-9-14(26-3)10-17(23-12)25-8-5-16-15(13(25)2)11-22-19(24-16)18-20-6-4-7-21-18/h4,6-7,9-11,13H,5,8H2,1-3H3/t13-/m1/s1. The molecule has 0 saturated heterocycles. The zero-order valence-electron chi connectivity index (χ0n) is 15.0. The van der Waals surface area contributed by atoms with E-state index in [0.29, 0.717) is 11.6 Å². The number of rotatable bonds is 3. The molecular weight excluding hydrogens is 328 g/mol. The van der Waals surface area contributed by atoms with Gasteiger partial charge in [-0.15, -0.1) is 0 Å². The molecule has 1 aliphatic heterocycles. The maximum absolute atomic E-state index is 5.39. The minimum absolute atomic E-state index is 0.128. The molecule has 0 fully saturated rings. The maximum atomic E-state index is 5.39. The van der Waals surface area contributed by atoms with E-state index in [1.807, 2.05) is 25.3 Å². The van der Waals surface area contributed by atoms with E-state index >= 15 is 0 Å². The van der Waals surface area contributed by atoms with Crippen LogP contribution in [0.25, 0.3) is 11.6 Å². The number of fused-ring (bicyclic) bond motifs is 1. The van der Waals surface area contributed by atoms with Crippen molar-refractivity contribution in [1.29, 1.82) is 0 Å². The van der Waals surface area contributed by atoms with Crippen LogP contribution in [-0.2, 0) is 6.42 Å². The lowest BCUT2D eigenvalue weighted by Gasteiger charge is -2.35. The molecule has 26 heavy (non-hydrogen) atoms. The van der Waals surface area contributed by atoms with Crippen molar-refractivity contribution in [2.24, 2.45) is 0 Å². The van der Waals surface area contributed by atoms with Gasteiger partial charge in [0, 0.05) is 54.9 Å². The predicted octanol–water partition coefficient (Wildman–Crippen LogP) is 2.77. The molecular formula is C19H20N6O. The summed E-state index contributed by atoms with van der Waals surface area (Å²) in [5.41, 5.74) is 3.09. The number of hydrogen-bond donors (Lipinski definition) is 0. The van der Waals surface area contributed by atoms with E-state index in [-0.39, 0.29) is 6.04 Å². The van der Waals surface area contributed by atoms with E-state index in [1.165, 1.54) is 0 Å². The number of nitrogens with zero attached hydrogens (tertiary/aromatic N) is 6. The fourth-order valence-electron chi connectivity index (χ4n) is 3.28. The Morgan fingerprint density at radius 2 is 1.88 bits per heavy atom. The van der Waals surface area contributed by atoms with Crippen LogP contribution in [0.2, 0.25) is 0 Å². The lowest BCUT2D eigenvalue weighted by atomic mass is 9.99. The SMILES string of the molecule is COc1cc(C)nc(N2CCc3nc(-c4ncccn4)ncc3[C@H]2C)c1. The van der Waals surface area contributed by atoms with Crippen molar-refractivity contribution in [1.82, 2.24) is 24.9 Å². The fourth-order valence-corrected chi connectivity index (χ4v) is 3.28. The summed E-state index contributed by atoms with van der Waals surface area (Å²) >= 11 is 0. The van der Waals surface area contributed by atoms with Gasteiger partial charge in [-0.05, 0) is 19.9 Å². The van der Waals surface area contributed by atoms with Crippen LogP contribution in [0.3, 0.4) is 0 Å². The Bertz CT molecular complexity index is 931. The molecule has 0 spiro atoms. The van der Waals surface area contributed by atoms with Crippen LogP contribution in [0.4, 0.5) is 5.82 Å². The topological polar surface area (TPSA) is 76.9 Å². The van der Waals surface area contributed by atoms with Crippen LogP contribution < -0.4 is 9.64 Å². The monoisotopic (exact) mass is 348 g/mol. The van der Waals surface area contributed by atoms with Crippen molar-refractivity contribution in [3.63, 3.8) is 0 Å². The first kappa shape index (κ1) is 16.4. The Labute approximate surface area is 152 Å². The molecule has 0 N–H and O–H groups in total. The molecule has 0 aliphatic carbocycles. The molecule has 3 aromatic rings. The normalized spacial score (nSPS) is 16.3. The highest BCUT2D eigenvalue weighted by molar-refractivity contribution is 5.51. The first-order chi connectivity index (χ1) is 12.7. The Hall–Kier alpha value is -3.09. The van der Waals surface area contributed by atoms with Gasteiger partial charge >= 0.3 is 0 Å². The Morgan fingerprint density at radius 3 is 2.65 bits per heavy atom. The van der Waals surface area contributed by atoms with Crippen LogP contribution in [0.15, 0.2) is 36.8 Å². The van der Waals surface area contributed by atoms with Crippen molar-refractivity contribution < 1.29 is 4.74 Å². The Balaban J connectivity index is 1.67. The molecule has 1 aliphatic rings. The van der Waals surface area contributed by atoms with Crippen molar-refractivity contribution in [3.05, 3.63) is 53.7 Å². The Morgan fingerprint density at radius 1 is 1.08 bits per heavy atom. The summed E-state index contributed by atoms with van der Waals surface area (Å²) in [5.74, 6) is 2.85. The quantitative estimate of drug-likeness (QED) is 0.720. The minimum atomic E-state index is 0.128. The van der Waals surface area contributed by atoms with Gasteiger partial charge in [0.1, 0.15) is 11.6 Å². The van der Waals surface area contributed by atoms with Crippen molar-refractivity contribution >= 4 is 5.82 Å². The van der Waals surface area contributed by atoms with E-state index in [0.717, 1.165) is 41.5 Å². The summed E-state index contributed by atoms with van der Waals surface area (Å²) in [6, 6.07) is 5.82. The lowest BCUT2D eigenvalue weighted by molar-refractivity contribution is 0.413. The van der Waals surface area contributed by atoms with E-state index in [1.54, 1.807) is 25.6 Å². The van der Waals surface area contributed by atoms with E-state index in [9.17, 15) is 0 Å². The number of pyridine rings is 1. The van der Waals surface area contributed by atoms with Crippen molar-refractivity contribution in [2.45, 2.75) is 26.3 Å². The smallest absolute Gasteiger partial charge is 0.197 e. The summed E-state index contributed by atoms with van der Waals surface area (Å²) in [4.78, 5) is 24.6. The molecule has 0 aromatic carbocycles. The van der Waals surface area contributed by atoms with Gasteiger partial charge in [-0.1, -0.05) is 0 Å². The van der Waals surface area contributed by atoms with Gasteiger partial charge < -0.3 is 9.64 Å². The molecule has 4 heterocycles. The minimum Gasteiger partial charge on any atom is -0.497 e. The van der Waals surface area contributed by atoms with Crippen molar-refractivity contribution in [3.8, 4) is 17.4 Å². The Kier molecular flexibility index (Phi) is 4.20. The second-order valence-electron chi connectivity index (χ2n) is 6.29. The first-order valence-electron chi connectivity index (χ1n) is 8.58. The van der Waals surface area contributed by atoms with Crippen LogP contribution in [0.5, 0.6) is 5.75 Å². The number of methoxy groups -OCH3 is 1. The van der Waals surface area contributed by atoms with Crippen LogP contribution in [-0.4, -0.2) is 38.6 Å². The lowest BCUT2D eigenvalue weighted by Crippen LogP contribution is -2.35. The third kappa shape index (κ3) is 2.96. The molecule has 0 bridgehead atoms. The first-order valence-corrected chi connectivity index (χ1v) is 8.58. The molecule has 0 amide bonds. The molecule has 0 radical (unpaired) electrons.